The van der Waals surface area contributed by atoms with Crippen LogP contribution in [0.2, 0.25) is 5.02 Å². The molecule has 3 rings (SSSR count). The summed E-state index contributed by atoms with van der Waals surface area (Å²) in [6.07, 6.45) is 0.547. The van der Waals surface area contributed by atoms with Crippen molar-refractivity contribution < 1.29 is 19.1 Å². The number of amides is 3. The average Bonchev–Trinajstić information content (AvgIpc) is 2.78. The summed E-state index contributed by atoms with van der Waals surface area (Å²) in [4.78, 5) is 37.1. The maximum atomic E-state index is 12.5. The van der Waals surface area contributed by atoms with Crippen molar-refractivity contribution in [2.45, 2.75) is 25.4 Å². The Kier molecular flexibility index (Phi) is 3.33. The third kappa shape index (κ3) is 2.15. The van der Waals surface area contributed by atoms with Gasteiger partial charge in [-0.15, -0.1) is 0 Å². The van der Waals surface area contributed by atoms with Gasteiger partial charge in [-0.2, -0.15) is 0 Å². The Balaban J connectivity index is 1.95. The predicted molar refractivity (Wildman–Crippen MR) is 74.0 cm³/mol. The molecule has 1 unspecified atom stereocenters. The van der Waals surface area contributed by atoms with Crippen LogP contribution in [0.4, 0.5) is 0 Å². The highest BCUT2D eigenvalue weighted by atomic mass is 35.5. The molecular formula is C14H13ClN2O4. The molecule has 2 heterocycles. The van der Waals surface area contributed by atoms with E-state index in [1.54, 1.807) is 12.1 Å². The number of nitrogens with one attached hydrogen (secondary N) is 1. The Labute approximate surface area is 126 Å². The normalized spacial score (nSPS) is 21.3. The predicted octanol–water partition coefficient (Wildman–Crippen LogP) is 1.11. The zero-order chi connectivity index (χ0) is 15.1. The van der Waals surface area contributed by atoms with Crippen molar-refractivity contribution in [3.63, 3.8) is 0 Å². The number of carbonyl (C=O) groups excluding carboxylic acids is 3. The first-order valence-electron chi connectivity index (χ1n) is 6.53. The first-order chi connectivity index (χ1) is 10.0. The van der Waals surface area contributed by atoms with Crippen LogP contribution in [0.15, 0.2) is 12.1 Å². The van der Waals surface area contributed by atoms with Crippen molar-refractivity contribution in [3.8, 4) is 5.75 Å². The van der Waals surface area contributed by atoms with Crippen LogP contribution in [0.3, 0.4) is 0 Å². The van der Waals surface area contributed by atoms with E-state index in [1.807, 2.05) is 0 Å². The van der Waals surface area contributed by atoms with Gasteiger partial charge in [-0.25, -0.2) is 0 Å². The highest BCUT2D eigenvalue weighted by molar-refractivity contribution is 6.34. The van der Waals surface area contributed by atoms with E-state index in [-0.39, 0.29) is 24.8 Å². The van der Waals surface area contributed by atoms with E-state index in [0.717, 1.165) is 0 Å². The third-order valence-electron chi connectivity index (χ3n) is 3.83. The van der Waals surface area contributed by atoms with Gasteiger partial charge in [0.2, 0.25) is 11.8 Å². The first kappa shape index (κ1) is 13.9. The monoisotopic (exact) mass is 308 g/mol. The SMILES string of the molecule is COc1ccc(Cl)c2c1CN(C1CCC(=O)NC1=O)C2=O. The second-order valence-corrected chi connectivity index (χ2v) is 5.41. The van der Waals surface area contributed by atoms with E-state index in [4.69, 9.17) is 16.3 Å². The molecule has 0 radical (unpaired) electrons. The van der Waals surface area contributed by atoms with Crippen molar-refractivity contribution in [2.24, 2.45) is 0 Å². The molecule has 21 heavy (non-hydrogen) atoms. The van der Waals surface area contributed by atoms with Gasteiger partial charge in [0.1, 0.15) is 11.8 Å². The fourth-order valence-corrected chi connectivity index (χ4v) is 3.05. The summed E-state index contributed by atoms with van der Waals surface area (Å²) in [5.74, 6) is -0.487. The number of rotatable bonds is 2. The second-order valence-electron chi connectivity index (χ2n) is 5.00. The highest BCUT2D eigenvalue weighted by Crippen LogP contribution is 2.37. The molecule has 0 bridgehead atoms. The minimum atomic E-state index is -0.650. The van der Waals surface area contributed by atoms with Gasteiger partial charge in [-0.05, 0) is 18.6 Å². The molecular weight excluding hydrogens is 296 g/mol. The summed E-state index contributed by atoms with van der Waals surface area (Å²) in [6, 6.07) is 2.65. The number of carbonyl (C=O) groups is 3. The lowest BCUT2D eigenvalue weighted by Crippen LogP contribution is -2.52. The number of fused-ring (bicyclic) bond motifs is 1. The summed E-state index contributed by atoms with van der Waals surface area (Å²) < 4.78 is 5.25. The van der Waals surface area contributed by atoms with Gasteiger partial charge >= 0.3 is 0 Å². The lowest BCUT2D eigenvalue weighted by Gasteiger charge is -2.29. The Bertz CT molecular complexity index is 659. The number of piperidine rings is 1. The molecule has 1 aromatic carbocycles. The number of halogens is 1. The molecule has 0 aromatic heterocycles. The third-order valence-corrected chi connectivity index (χ3v) is 4.14. The van der Waals surface area contributed by atoms with E-state index in [1.165, 1.54) is 12.0 Å². The van der Waals surface area contributed by atoms with Crippen LogP contribution in [0.1, 0.15) is 28.8 Å². The number of imide groups is 1. The van der Waals surface area contributed by atoms with Gasteiger partial charge in [0.05, 0.1) is 24.2 Å². The first-order valence-corrected chi connectivity index (χ1v) is 6.90. The Morgan fingerprint density at radius 2 is 2.10 bits per heavy atom. The topological polar surface area (TPSA) is 75.7 Å². The highest BCUT2D eigenvalue weighted by Gasteiger charge is 2.41. The van der Waals surface area contributed by atoms with E-state index in [0.29, 0.717) is 28.3 Å². The van der Waals surface area contributed by atoms with Gasteiger partial charge in [-0.1, -0.05) is 11.6 Å². The van der Waals surface area contributed by atoms with Crippen molar-refractivity contribution in [2.75, 3.05) is 7.11 Å². The van der Waals surface area contributed by atoms with Gasteiger partial charge in [0.15, 0.2) is 0 Å². The van der Waals surface area contributed by atoms with Gasteiger partial charge in [0.25, 0.3) is 5.91 Å². The maximum Gasteiger partial charge on any atom is 0.256 e. The molecule has 1 atom stereocenters. The summed E-state index contributed by atoms with van der Waals surface area (Å²) >= 11 is 6.10. The molecule has 2 aliphatic heterocycles. The molecule has 6 nitrogen and oxygen atoms in total. The Morgan fingerprint density at radius 3 is 2.76 bits per heavy atom. The lowest BCUT2D eigenvalue weighted by molar-refractivity contribution is -0.136. The van der Waals surface area contributed by atoms with E-state index < -0.39 is 11.9 Å². The smallest absolute Gasteiger partial charge is 0.256 e. The van der Waals surface area contributed by atoms with E-state index in [2.05, 4.69) is 5.32 Å². The van der Waals surface area contributed by atoms with Crippen LogP contribution < -0.4 is 10.1 Å². The number of hydrogen-bond donors (Lipinski definition) is 1. The van der Waals surface area contributed by atoms with E-state index >= 15 is 0 Å². The largest absolute Gasteiger partial charge is 0.496 e. The molecule has 2 aliphatic rings. The van der Waals surface area contributed by atoms with Crippen LogP contribution >= 0.6 is 11.6 Å². The molecule has 0 saturated carbocycles. The average molecular weight is 309 g/mol. The lowest BCUT2D eigenvalue weighted by atomic mass is 10.0. The Hall–Kier alpha value is -2.08. The van der Waals surface area contributed by atoms with E-state index in [9.17, 15) is 14.4 Å². The molecule has 0 spiro atoms. The van der Waals surface area contributed by atoms with Crippen molar-refractivity contribution in [1.29, 1.82) is 0 Å². The molecule has 1 fully saturated rings. The van der Waals surface area contributed by atoms with Crippen LogP contribution in [0.5, 0.6) is 5.75 Å². The van der Waals surface area contributed by atoms with Gasteiger partial charge in [0, 0.05) is 12.0 Å². The van der Waals surface area contributed by atoms with Crippen LogP contribution in [-0.2, 0) is 16.1 Å². The van der Waals surface area contributed by atoms with Crippen LogP contribution in [0, 0.1) is 0 Å². The molecule has 1 saturated heterocycles. The molecule has 1 aromatic rings. The molecule has 3 amide bonds. The summed E-state index contributed by atoms with van der Waals surface area (Å²) in [6.45, 7) is 0.254. The summed E-state index contributed by atoms with van der Waals surface area (Å²) in [7, 11) is 1.52. The number of nitrogens with zero attached hydrogens (tertiary/aromatic N) is 1. The summed E-state index contributed by atoms with van der Waals surface area (Å²) in [5.41, 5.74) is 1.06. The number of benzene rings is 1. The number of hydrogen-bond acceptors (Lipinski definition) is 4. The molecule has 0 aliphatic carbocycles. The molecule has 7 heteroatoms. The van der Waals surface area contributed by atoms with Crippen LogP contribution in [-0.4, -0.2) is 35.8 Å². The maximum absolute atomic E-state index is 12.5. The molecule has 1 N–H and O–H groups in total. The fraction of sp³-hybridized carbons (Fsp3) is 0.357. The quantitative estimate of drug-likeness (QED) is 0.830. The molecule has 110 valence electrons. The van der Waals surface area contributed by atoms with Crippen molar-refractivity contribution in [3.05, 3.63) is 28.3 Å². The van der Waals surface area contributed by atoms with Gasteiger partial charge in [-0.3, -0.25) is 19.7 Å². The zero-order valence-corrected chi connectivity index (χ0v) is 12.1. The number of methoxy groups -OCH3 is 1. The summed E-state index contributed by atoms with van der Waals surface area (Å²) in [5, 5.41) is 2.60. The minimum absolute atomic E-state index is 0.224. The van der Waals surface area contributed by atoms with Gasteiger partial charge < -0.3 is 9.64 Å². The van der Waals surface area contributed by atoms with Crippen LogP contribution in [0.25, 0.3) is 0 Å². The van der Waals surface area contributed by atoms with Crippen molar-refractivity contribution >= 4 is 29.3 Å². The minimum Gasteiger partial charge on any atom is -0.496 e. The second kappa shape index (κ2) is 5.04. The fourth-order valence-electron chi connectivity index (χ4n) is 2.80. The zero-order valence-electron chi connectivity index (χ0n) is 11.3. The Morgan fingerprint density at radius 1 is 1.33 bits per heavy atom. The van der Waals surface area contributed by atoms with Crippen molar-refractivity contribution in [1.82, 2.24) is 10.2 Å². The number of ether oxygens (including phenoxy) is 1. The standard InChI is InChI=1S/C14H13ClN2O4/c1-21-10-4-2-8(15)12-7(10)6-17(14(12)20)9-3-5-11(18)16-13(9)19/h2,4,9H,3,5-6H2,1H3,(H,16,18,19).